The average molecular weight is 262 g/mol. The number of rotatable bonds is 8. The van der Waals surface area contributed by atoms with Crippen molar-refractivity contribution < 1.29 is 23.8 Å². The minimum atomic E-state index is -0.512. The monoisotopic (exact) mass is 262 g/mol. The third kappa shape index (κ3) is 12.7. The Morgan fingerprint density at radius 2 is 1.72 bits per heavy atom. The molecule has 0 saturated carbocycles. The molecule has 0 atom stereocenters. The van der Waals surface area contributed by atoms with Crippen molar-refractivity contribution >= 4 is 12.0 Å². The van der Waals surface area contributed by atoms with Crippen LogP contribution in [0.3, 0.4) is 0 Å². The van der Waals surface area contributed by atoms with Crippen LogP contribution in [-0.4, -0.2) is 50.6 Å². The highest BCUT2D eigenvalue weighted by molar-refractivity contribution is 5.74. The lowest BCUT2D eigenvalue weighted by atomic mass is 10.2. The van der Waals surface area contributed by atoms with E-state index in [0.717, 1.165) is 0 Å². The van der Waals surface area contributed by atoms with Crippen molar-refractivity contribution in [3.05, 3.63) is 0 Å². The van der Waals surface area contributed by atoms with Crippen molar-refractivity contribution in [3.8, 4) is 0 Å². The first-order valence-electron chi connectivity index (χ1n) is 5.72. The maximum absolute atomic E-state index is 11.2. The number of hydrogen-bond acceptors (Lipinski definition) is 5. The van der Waals surface area contributed by atoms with Crippen molar-refractivity contribution in [2.45, 2.75) is 26.4 Å². The third-order valence-corrected chi connectivity index (χ3v) is 1.53. The number of amides is 2. The highest BCUT2D eigenvalue weighted by Gasteiger charge is 2.15. The van der Waals surface area contributed by atoms with Crippen LogP contribution in [0, 0.1) is 0 Å². The topological polar surface area (TPSA) is 99.9 Å². The number of nitrogens with two attached hydrogens (primary N) is 1. The van der Waals surface area contributed by atoms with Crippen LogP contribution >= 0.6 is 0 Å². The van der Waals surface area contributed by atoms with Gasteiger partial charge in [-0.25, -0.2) is 4.79 Å². The summed E-state index contributed by atoms with van der Waals surface area (Å²) in [6, 6.07) is 0. The SMILES string of the molecule is CC(C)(C)OC(=O)NCCOCCOCC(N)=O. The summed E-state index contributed by atoms with van der Waals surface area (Å²) in [5, 5.41) is 2.55. The van der Waals surface area contributed by atoms with E-state index >= 15 is 0 Å². The number of primary amides is 1. The highest BCUT2D eigenvalue weighted by Crippen LogP contribution is 2.05. The first-order chi connectivity index (χ1) is 8.31. The first kappa shape index (κ1) is 16.7. The fourth-order valence-electron chi connectivity index (χ4n) is 0.932. The van der Waals surface area contributed by atoms with Gasteiger partial charge in [-0.1, -0.05) is 0 Å². The van der Waals surface area contributed by atoms with Crippen molar-refractivity contribution in [1.29, 1.82) is 0 Å². The summed E-state index contributed by atoms with van der Waals surface area (Å²) < 4.78 is 15.1. The van der Waals surface area contributed by atoms with Crippen LogP contribution in [-0.2, 0) is 19.0 Å². The van der Waals surface area contributed by atoms with Gasteiger partial charge in [0.15, 0.2) is 0 Å². The van der Waals surface area contributed by atoms with Crippen LogP contribution in [0.4, 0.5) is 4.79 Å². The summed E-state index contributed by atoms with van der Waals surface area (Å²) in [5.74, 6) is -0.512. The maximum Gasteiger partial charge on any atom is 0.407 e. The number of hydrogen-bond donors (Lipinski definition) is 2. The molecule has 2 amide bonds. The van der Waals surface area contributed by atoms with E-state index in [1.807, 2.05) is 0 Å². The van der Waals surface area contributed by atoms with Crippen LogP contribution in [0.2, 0.25) is 0 Å². The van der Waals surface area contributed by atoms with E-state index in [-0.39, 0.29) is 13.2 Å². The zero-order valence-electron chi connectivity index (χ0n) is 11.2. The molecular weight excluding hydrogens is 240 g/mol. The lowest BCUT2D eigenvalue weighted by Crippen LogP contribution is -2.34. The Bertz CT molecular complexity index is 263. The van der Waals surface area contributed by atoms with Crippen molar-refractivity contribution in [2.24, 2.45) is 5.73 Å². The van der Waals surface area contributed by atoms with E-state index in [4.69, 9.17) is 19.9 Å². The quantitative estimate of drug-likeness (QED) is 0.601. The Balaban J connectivity index is 3.30. The number of nitrogens with one attached hydrogen (secondary N) is 1. The number of alkyl carbamates (subject to hydrolysis) is 1. The van der Waals surface area contributed by atoms with Gasteiger partial charge in [-0.2, -0.15) is 0 Å². The molecule has 7 heteroatoms. The number of carbonyl (C=O) groups is 2. The Hall–Kier alpha value is -1.34. The Morgan fingerprint density at radius 3 is 2.28 bits per heavy atom. The van der Waals surface area contributed by atoms with Gasteiger partial charge in [-0.15, -0.1) is 0 Å². The molecule has 106 valence electrons. The molecule has 0 aromatic rings. The van der Waals surface area contributed by atoms with Gasteiger partial charge in [-0.05, 0) is 20.8 Å². The number of ether oxygens (including phenoxy) is 3. The molecule has 18 heavy (non-hydrogen) atoms. The molecule has 7 nitrogen and oxygen atoms in total. The number of carbonyl (C=O) groups excluding carboxylic acids is 2. The summed E-state index contributed by atoms with van der Waals surface area (Å²) in [7, 11) is 0. The van der Waals surface area contributed by atoms with E-state index in [0.29, 0.717) is 19.8 Å². The zero-order chi connectivity index (χ0) is 14.0. The zero-order valence-corrected chi connectivity index (χ0v) is 11.2. The van der Waals surface area contributed by atoms with Crippen LogP contribution in [0.15, 0.2) is 0 Å². The molecule has 0 fully saturated rings. The maximum atomic E-state index is 11.2. The smallest absolute Gasteiger partial charge is 0.407 e. The molecule has 0 aromatic carbocycles. The van der Waals surface area contributed by atoms with E-state index < -0.39 is 17.6 Å². The normalized spacial score (nSPS) is 11.1. The largest absolute Gasteiger partial charge is 0.444 e. The fourth-order valence-corrected chi connectivity index (χ4v) is 0.932. The molecule has 3 N–H and O–H groups in total. The minimum absolute atomic E-state index is 0.112. The van der Waals surface area contributed by atoms with Crippen LogP contribution in [0.1, 0.15) is 20.8 Å². The summed E-state index contributed by atoms with van der Waals surface area (Å²) in [6.07, 6.45) is -0.476. The van der Waals surface area contributed by atoms with E-state index in [1.54, 1.807) is 20.8 Å². The van der Waals surface area contributed by atoms with Gasteiger partial charge in [0, 0.05) is 6.54 Å². The second kappa shape index (κ2) is 8.71. The van der Waals surface area contributed by atoms with Crippen LogP contribution < -0.4 is 11.1 Å². The summed E-state index contributed by atoms with van der Waals surface area (Å²) >= 11 is 0. The molecule has 0 bridgehead atoms. The summed E-state index contributed by atoms with van der Waals surface area (Å²) in [6.45, 7) is 6.58. The van der Waals surface area contributed by atoms with Crippen LogP contribution in [0.25, 0.3) is 0 Å². The lowest BCUT2D eigenvalue weighted by Gasteiger charge is -2.19. The standard InChI is InChI=1S/C11H22N2O5/c1-11(2,3)18-10(15)13-4-5-16-6-7-17-8-9(12)14/h4-8H2,1-3H3,(H2,12,14)(H,13,15). The van der Waals surface area contributed by atoms with Gasteiger partial charge in [0.25, 0.3) is 0 Å². The van der Waals surface area contributed by atoms with Gasteiger partial charge >= 0.3 is 6.09 Å². The Labute approximate surface area is 107 Å². The molecule has 0 saturated heterocycles. The second-order valence-electron chi connectivity index (χ2n) is 4.56. The third-order valence-electron chi connectivity index (χ3n) is 1.53. The molecular formula is C11H22N2O5. The van der Waals surface area contributed by atoms with E-state index in [1.165, 1.54) is 0 Å². The molecule has 0 unspecified atom stereocenters. The second-order valence-corrected chi connectivity index (χ2v) is 4.56. The summed E-state index contributed by atoms with van der Waals surface area (Å²) in [5.41, 5.74) is 4.37. The van der Waals surface area contributed by atoms with Gasteiger partial charge < -0.3 is 25.3 Å². The summed E-state index contributed by atoms with van der Waals surface area (Å²) in [4.78, 5) is 21.5. The van der Waals surface area contributed by atoms with Crippen molar-refractivity contribution in [2.75, 3.05) is 33.0 Å². The predicted octanol–water partition coefficient (Wildman–Crippen LogP) is 0.0296. The molecule has 0 spiro atoms. The van der Waals surface area contributed by atoms with Gasteiger partial charge in [-0.3, -0.25) is 4.79 Å². The Morgan fingerprint density at radius 1 is 1.11 bits per heavy atom. The molecule has 0 rings (SSSR count). The highest BCUT2D eigenvalue weighted by atomic mass is 16.6. The molecule has 0 heterocycles. The van der Waals surface area contributed by atoms with E-state index in [2.05, 4.69) is 5.32 Å². The lowest BCUT2D eigenvalue weighted by molar-refractivity contribution is -0.123. The van der Waals surface area contributed by atoms with Gasteiger partial charge in [0.05, 0.1) is 19.8 Å². The Kier molecular flexibility index (Phi) is 8.06. The van der Waals surface area contributed by atoms with Gasteiger partial charge in [0.1, 0.15) is 12.2 Å². The van der Waals surface area contributed by atoms with Crippen molar-refractivity contribution in [3.63, 3.8) is 0 Å². The predicted molar refractivity (Wildman–Crippen MR) is 65.1 cm³/mol. The van der Waals surface area contributed by atoms with Crippen LogP contribution in [0.5, 0.6) is 0 Å². The molecule has 0 radical (unpaired) electrons. The fraction of sp³-hybridized carbons (Fsp3) is 0.818. The van der Waals surface area contributed by atoms with Gasteiger partial charge in [0.2, 0.25) is 5.91 Å². The minimum Gasteiger partial charge on any atom is -0.444 e. The first-order valence-corrected chi connectivity index (χ1v) is 5.72. The molecule has 0 aliphatic rings. The molecule has 0 aliphatic carbocycles. The molecule has 0 aromatic heterocycles. The average Bonchev–Trinajstić information content (AvgIpc) is 2.18. The van der Waals surface area contributed by atoms with E-state index in [9.17, 15) is 9.59 Å². The molecule has 0 aliphatic heterocycles. The van der Waals surface area contributed by atoms with Crippen molar-refractivity contribution in [1.82, 2.24) is 5.32 Å².